The zero-order chi connectivity index (χ0) is 13.4. The summed E-state index contributed by atoms with van der Waals surface area (Å²) < 4.78 is 0. The largest absolute Gasteiger partial charge is 0.393 e. The number of halogens is 1. The predicted octanol–water partition coefficient (Wildman–Crippen LogP) is 2.51. The van der Waals surface area contributed by atoms with E-state index in [0.717, 1.165) is 51.2 Å². The van der Waals surface area contributed by atoms with Gasteiger partial charge in [0.15, 0.2) is 5.96 Å². The number of aliphatic hydroxyl groups excluding tert-OH is 1. The quantitative estimate of drug-likeness (QED) is 0.389. The van der Waals surface area contributed by atoms with E-state index in [1.165, 1.54) is 0 Å². The maximum atomic E-state index is 9.49. The van der Waals surface area contributed by atoms with E-state index in [0.29, 0.717) is 12.0 Å². The van der Waals surface area contributed by atoms with Crippen LogP contribution in [0.4, 0.5) is 0 Å². The van der Waals surface area contributed by atoms with Gasteiger partial charge in [-0.15, -0.1) is 24.0 Å². The number of aliphatic imine (C=N–C) groups is 1. The highest BCUT2D eigenvalue weighted by atomic mass is 127. The van der Waals surface area contributed by atoms with E-state index in [1.807, 2.05) is 0 Å². The van der Waals surface area contributed by atoms with Crippen LogP contribution in [0.2, 0.25) is 0 Å². The summed E-state index contributed by atoms with van der Waals surface area (Å²) in [5, 5.41) is 16.3. The van der Waals surface area contributed by atoms with Gasteiger partial charge in [-0.25, -0.2) is 0 Å². The Morgan fingerprint density at radius 2 is 1.89 bits per heavy atom. The lowest BCUT2D eigenvalue weighted by molar-refractivity contribution is 0.120. The van der Waals surface area contributed by atoms with Crippen LogP contribution in [0.3, 0.4) is 0 Å². The first-order chi connectivity index (χ1) is 8.61. The molecule has 0 heterocycles. The summed E-state index contributed by atoms with van der Waals surface area (Å²) in [6.07, 6.45) is 4.92. The molecule has 0 aromatic rings. The zero-order valence-corrected chi connectivity index (χ0v) is 14.8. The Balaban J connectivity index is 0.00000324. The number of hydrogen-bond donors (Lipinski definition) is 3. The Kier molecular flexibility index (Phi) is 10.7. The molecule has 0 spiro atoms. The number of aliphatic hydroxyl groups is 1. The van der Waals surface area contributed by atoms with Crippen LogP contribution in [0, 0.1) is 5.92 Å². The maximum absolute atomic E-state index is 9.49. The van der Waals surface area contributed by atoms with Gasteiger partial charge in [0, 0.05) is 19.1 Å². The minimum Gasteiger partial charge on any atom is -0.393 e. The second kappa shape index (κ2) is 10.7. The monoisotopic (exact) mass is 383 g/mol. The average Bonchev–Trinajstić information content (AvgIpc) is 2.32. The second-order valence-electron chi connectivity index (χ2n) is 5.59. The molecule has 1 aliphatic carbocycles. The fraction of sp³-hybridized carbons (Fsp3) is 0.929. The van der Waals surface area contributed by atoms with Gasteiger partial charge in [0.2, 0.25) is 0 Å². The molecule has 5 heteroatoms. The van der Waals surface area contributed by atoms with Crippen molar-refractivity contribution in [1.29, 1.82) is 0 Å². The number of rotatable bonds is 5. The van der Waals surface area contributed by atoms with Crippen molar-refractivity contribution in [3.05, 3.63) is 0 Å². The van der Waals surface area contributed by atoms with Crippen LogP contribution in [0.5, 0.6) is 0 Å². The van der Waals surface area contributed by atoms with Gasteiger partial charge in [-0.05, 0) is 44.9 Å². The molecule has 1 aliphatic rings. The standard InChI is InChI=1S/C14H29N3O.HI/c1-4-15-14(16-10-9-11(2)3)17-12-5-7-13(18)8-6-12;/h11-13,18H,4-10H2,1-3H3,(H2,15,16,17);1H. The Hall–Kier alpha value is -0.0400. The van der Waals surface area contributed by atoms with Crippen LogP contribution < -0.4 is 10.6 Å². The molecule has 3 N–H and O–H groups in total. The Morgan fingerprint density at radius 3 is 2.42 bits per heavy atom. The van der Waals surface area contributed by atoms with Gasteiger partial charge < -0.3 is 15.7 Å². The first-order valence-electron chi connectivity index (χ1n) is 7.34. The van der Waals surface area contributed by atoms with Crippen molar-refractivity contribution in [1.82, 2.24) is 10.6 Å². The topological polar surface area (TPSA) is 56.7 Å². The minimum atomic E-state index is -0.0940. The van der Waals surface area contributed by atoms with Gasteiger partial charge in [0.05, 0.1) is 6.10 Å². The molecule has 0 amide bonds. The molecule has 19 heavy (non-hydrogen) atoms. The number of hydrogen-bond acceptors (Lipinski definition) is 2. The van der Waals surface area contributed by atoms with Gasteiger partial charge in [0.1, 0.15) is 0 Å². The lowest BCUT2D eigenvalue weighted by Gasteiger charge is -2.27. The number of guanidine groups is 1. The van der Waals surface area contributed by atoms with Gasteiger partial charge >= 0.3 is 0 Å². The van der Waals surface area contributed by atoms with E-state index >= 15 is 0 Å². The summed E-state index contributed by atoms with van der Waals surface area (Å²) in [6.45, 7) is 8.30. The van der Waals surface area contributed by atoms with Crippen molar-refractivity contribution < 1.29 is 5.11 Å². The molecule has 0 unspecified atom stereocenters. The zero-order valence-electron chi connectivity index (χ0n) is 12.5. The highest BCUT2D eigenvalue weighted by molar-refractivity contribution is 14.0. The summed E-state index contributed by atoms with van der Waals surface area (Å²) in [6, 6.07) is 0.463. The average molecular weight is 383 g/mol. The number of nitrogens with one attached hydrogen (secondary N) is 2. The molecule has 0 saturated heterocycles. The normalized spacial score (nSPS) is 23.9. The highest BCUT2D eigenvalue weighted by Crippen LogP contribution is 2.18. The summed E-state index contributed by atoms with van der Waals surface area (Å²) in [5.74, 6) is 1.63. The smallest absolute Gasteiger partial charge is 0.191 e. The summed E-state index contributed by atoms with van der Waals surface area (Å²) in [7, 11) is 0. The Bertz CT molecular complexity index is 251. The molecule has 0 aromatic carbocycles. The van der Waals surface area contributed by atoms with E-state index < -0.39 is 0 Å². The third-order valence-corrected chi connectivity index (χ3v) is 3.36. The van der Waals surface area contributed by atoms with Crippen LogP contribution in [0.15, 0.2) is 4.99 Å². The molecular weight excluding hydrogens is 353 g/mol. The van der Waals surface area contributed by atoms with Crippen LogP contribution in [0.1, 0.15) is 52.9 Å². The Morgan fingerprint density at radius 1 is 1.26 bits per heavy atom. The van der Waals surface area contributed by atoms with Gasteiger partial charge in [-0.3, -0.25) is 4.99 Å². The van der Waals surface area contributed by atoms with Crippen LogP contribution in [0.25, 0.3) is 0 Å². The lowest BCUT2D eigenvalue weighted by atomic mass is 9.93. The van der Waals surface area contributed by atoms with Crippen LogP contribution in [-0.2, 0) is 0 Å². The second-order valence-corrected chi connectivity index (χ2v) is 5.59. The van der Waals surface area contributed by atoms with Gasteiger partial charge in [-0.2, -0.15) is 0 Å². The molecule has 1 saturated carbocycles. The molecule has 114 valence electrons. The van der Waals surface area contributed by atoms with E-state index in [4.69, 9.17) is 0 Å². The molecular formula is C14H30IN3O. The molecule has 1 fully saturated rings. The van der Waals surface area contributed by atoms with Gasteiger partial charge in [-0.1, -0.05) is 13.8 Å². The minimum absolute atomic E-state index is 0. The van der Waals surface area contributed by atoms with E-state index in [1.54, 1.807) is 0 Å². The van der Waals surface area contributed by atoms with Crippen molar-refractivity contribution in [3.8, 4) is 0 Å². The van der Waals surface area contributed by atoms with E-state index in [-0.39, 0.29) is 30.1 Å². The van der Waals surface area contributed by atoms with E-state index in [9.17, 15) is 5.11 Å². The summed E-state index contributed by atoms with van der Waals surface area (Å²) in [5.41, 5.74) is 0. The molecule has 0 aliphatic heterocycles. The van der Waals surface area contributed by atoms with Crippen LogP contribution in [-0.4, -0.2) is 36.3 Å². The molecule has 0 atom stereocenters. The highest BCUT2D eigenvalue weighted by Gasteiger charge is 2.19. The van der Waals surface area contributed by atoms with Gasteiger partial charge in [0.25, 0.3) is 0 Å². The maximum Gasteiger partial charge on any atom is 0.191 e. The molecule has 1 rings (SSSR count). The Labute approximate surface area is 134 Å². The third kappa shape index (κ3) is 8.68. The van der Waals surface area contributed by atoms with Crippen molar-refractivity contribution in [2.75, 3.05) is 13.1 Å². The fourth-order valence-corrected chi connectivity index (χ4v) is 2.17. The number of nitrogens with zero attached hydrogens (tertiary/aromatic N) is 1. The first-order valence-corrected chi connectivity index (χ1v) is 7.34. The predicted molar refractivity (Wildman–Crippen MR) is 92.2 cm³/mol. The van der Waals surface area contributed by atoms with Crippen molar-refractivity contribution >= 4 is 29.9 Å². The van der Waals surface area contributed by atoms with Crippen molar-refractivity contribution in [3.63, 3.8) is 0 Å². The SMILES string of the molecule is CCNC(=NCCC(C)C)NC1CCC(O)CC1.I. The van der Waals surface area contributed by atoms with Crippen molar-refractivity contribution in [2.24, 2.45) is 10.9 Å². The third-order valence-electron chi connectivity index (χ3n) is 3.36. The molecule has 0 radical (unpaired) electrons. The molecule has 4 nitrogen and oxygen atoms in total. The first kappa shape index (κ1) is 19.0. The molecule has 0 bridgehead atoms. The van der Waals surface area contributed by atoms with Crippen LogP contribution >= 0.6 is 24.0 Å². The summed E-state index contributed by atoms with van der Waals surface area (Å²) >= 11 is 0. The lowest BCUT2D eigenvalue weighted by Crippen LogP contribution is -2.45. The summed E-state index contributed by atoms with van der Waals surface area (Å²) in [4.78, 5) is 4.60. The molecule has 0 aromatic heterocycles. The van der Waals surface area contributed by atoms with Crippen molar-refractivity contribution in [2.45, 2.75) is 65.0 Å². The fourth-order valence-electron chi connectivity index (χ4n) is 2.17. The van der Waals surface area contributed by atoms with E-state index in [2.05, 4.69) is 36.4 Å².